The Kier molecular flexibility index (Phi) is 4.39. The highest BCUT2D eigenvalue weighted by Crippen LogP contribution is 2.24. The number of likely N-dealkylation sites (N-methyl/N-ethyl adjacent to an activating group) is 1. The van der Waals surface area contributed by atoms with Gasteiger partial charge in [0, 0.05) is 12.4 Å². The summed E-state index contributed by atoms with van der Waals surface area (Å²) >= 11 is 6.14. The lowest BCUT2D eigenvalue weighted by atomic mass is 10.1. The quantitative estimate of drug-likeness (QED) is 0.898. The van der Waals surface area contributed by atoms with Crippen LogP contribution in [0.3, 0.4) is 0 Å². The highest BCUT2D eigenvalue weighted by atomic mass is 35.5. The molecule has 1 N–H and O–H groups in total. The molecule has 4 heteroatoms. The number of rotatable bonds is 5. The number of aromatic nitrogens is 1. The Balaban J connectivity index is 2.19. The van der Waals surface area contributed by atoms with E-state index in [-0.39, 0.29) is 6.04 Å². The molecule has 0 aliphatic rings. The van der Waals surface area contributed by atoms with Crippen LogP contribution in [0, 0.1) is 6.92 Å². The van der Waals surface area contributed by atoms with Gasteiger partial charge in [-0.05, 0) is 43.7 Å². The first kappa shape index (κ1) is 13.1. The number of nitrogens with zero attached hydrogens (tertiary/aromatic N) is 1. The van der Waals surface area contributed by atoms with Crippen molar-refractivity contribution in [1.29, 1.82) is 0 Å². The fourth-order valence-electron chi connectivity index (χ4n) is 1.95. The van der Waals surface area contributed by atoms with Crippen LogP contribution in [0.4, 0.5) is 0 Å². The van der Waals surface area contributed by atoms with Gasteiger partial charge >= 0.3 is 0 Å². The van der Waals surface area contributed by atoms with Crippen LogP contribution in [0.2, 0.25) is 5.02 Å². The van der Waals surface area contributed by atoms with Gasteiger partial charge in [0.15, 0.2) is 0 Å². The van der Waals surface area contributed by atoms with Crippen molar-refractivity contribution in [2.45, 2.75) is 26.3 Å². The second-order valence-electron chi connectivity index (χ2n) is 4.23. The van der Waals surface area contributed by atoms with E-state index < -0.39 is 0 Å². The Morgan fingerprint density at radius 2 is 2.22 bits per heavy atom. The summed E-state index contributed by atoms with van der Waals surface area (Å²) < 4.78 is 5.69. The van der Waals surface area contributed by atoms with Gasteiger partial charge in [-0.1, -0.05) is 18.5 Å². The number of nitrogens with one attached hydrogen (secondary N) is 1. The lowest BCUT2D eigenvalue weighted by Crippen LogP contribution is -2.22. The lowest BCUT2D eigenvalue weighted by Gasteiger charge is -2.16. The molecule has 1 atom stereocenters. The molecule has 2 aromatic heterocycles. The molecular weight excluding hydrogens is 248 g/mol. The zero-order valence-electron chi connectivity index (χ0n) is 10.6. The van der Waals surface area contributed by atoms with Crippen molar-refractivity contribution in [3.63, 3.8) is 0 Å². The van der Waals surface area contributed by atoms with Gasteiger partial charge < -0.3 is 9.73 Å². The summed E-state index contributed by atoms with van der Waals surface area (Å²) in [5, 5.41) is 4.11. The third kappa shape index (κ3) is 3.12. The van der Waals surface area contributed by atoms with Crippen LogP contribution in [0.5, 0.6) is 0 Å². The third-order valence-electron chi connectivity index (χ3n) is 2.84. The number of hydrogen-bond donors (Lipinski definition) is 1. The predicted molar refractivity (Wildman–Crippen MR) is 72.8 cm³/mol. The molecule has 1 unspecified atom stereocenters. The summed E-state index contributed by atoms with van der Waals surface area (Å²) in [5.41, 5.74) is 1.08. The standard InChI is InChI=1S/C14H17ClN2O/c1-3-17-13(14-5-4-10(2)18-14)8-11-6-7-16-9-12(11)15/h4-7,9,13,17H,3,8H2,1-2H3. The first-order valence-electron chi connectivity index (χ1n) is 6.08. The number of halogens is 1. The molecule has 0 bridgehead atoms. The van der Waals surface area contributed by atoms with E-state index in [1.54, 1.807) is 12.4 Å². The number of hydrogen-bond acceptors (Lipinski definition) is 3. The fraction of sp³-hybridized carbons (Fsp3) is 0.357. The summed E-state index contributed by atoms with van der Waals surface area (Å²) in [6.07, 6.45) is 4.23. The van der Waals surface area contributed by atoms with Crippen molar-refractivity contribution in [2.75, 3.05) is 6.54 Å². The molecule has 0 aromatic carbocycles. The molecule has 0 saturated carbocycles. The predicted octanol–water partition coefficient (Wildman–Crippen LogP) is 3.53. The van der Waals surface area contributed by atoms with E-state index in [1.165, 1.54) is 0 Å². The lowest BCUT2D eigenvalue weighted by molar-refractivity contribution is 0.403. The molecule has 0 aliphatic heterocycles. The van der Waals surface area contributed by atoms with Crippen molar-refractivity contribution in [2.24, 2.45) is 0 Å². The Labute approximate surface area is 112 Å². The van der Waals surface area contributed by atoms with Gasteiger partial charge in [0.2, 0.25) is 0 Å². The summed E-state index contributed by atoms with van der Waals surface area (Å²) in [7, 11) is 0. The minimum absolute atomic E-state index is 0.142. The Morgan fingerprint density at radius 1 is 1.39 bits per heavy atom. The summed E-state index contributed by atoms with van der Waals surface area (Å²) in [4.78, 5) is 4.00. The van der Waals surface area contributed by atoms with Gasteiger partial charge in [0.25, 0.3) is 0 Å². The molecule has 0 spiro atoms. The average molecular weight is 265 g/mol. The highest BCUT2D eigenvalue weighted by molar-refractivity contribution is 6.31. The summed E-state index contributed by atoms with van der Waals surface area (Å²) in [5.74, 6) is 1.87. The molecule has 18 heavy (non-hydrogen) atoms. The smallest absolute Gasteiger partial charge is 0.121 e. The SMILES string of the molecule is CCNC(Cc1ccncc1Cl)c1ccc(C)o1. The van der Waals surface area contributed by atoms with Gasteiger partial charge in [-0.15, -0.1) is 0 Å². The van der Waals surface area contributed by atoms with E-state index in [2.05, 4.69) is 17.2 Å². The second kappa shape index (κ2) is 6.03. The van der Waals surface area contributed by atoms with Crippen molar-refractivity contribution in [3.05, 3.63) is 52.7 Å². The van der Waals surface area contributed by atoms with E-state index in [0.717, 1.165) is 30.0 Å². The zero-order chi connectivity index (χ0) is 13.0. The van der Waals surface area contributed by atoms with Crippen molar-refractivity contribution in [3.8, 4) is 0 Å². The van der Waals surface area contributed by atoms with Crippen LogP contribution < -0.4 is 5.32 Å². The zero-order valence-corrected chi connectivity index (χ0v) is 11.4. The van der Waals surface area contributed by atoms with Gasteiger partial charge in [-0.2, -0.15) is 0 Å². The maximum atomic E-state index is 6.14. The Bertz CT molecular complexity index is 510. The first-order valence-corrected chi connectivity index (χ1v) is 6.46. The molecule has 0 saturated heterocycles. The van der Waals surface area contributed by atoms with Crippen molar-refractivity contribution in [1.82, 2.24) is 10.3 Å². The minimum Gasteiger partial charge on any atom is -0.465 e. The van der Waals surface area contributed by atoms with Gasteiger partial charge in [0.1, 0.15) is 11.5 Å². The molecule has 2 rings (SSSR count). The van der Waals surface area contributed by atoms with E-state index in [1.807, 2.05) is 25.1 Å². The normalized spacial score (nSPS) is 12.6. The van der Waals surface area contributed by atoms with Crippen LogP contribution in [-0.4, -0.2) is 11.5 Å². The van der Waals surface area contributed by atoms with Crippen molar-refractivity contribution >= 4 is 11.6 Å². The first-order chi connectivity index (χ1) is 8.70. The number of aryl methyl sites for hydroxylation is 1. The largest absolute Gasteiger partial charge is 0.465 e. The van der Waals surface area contributed by atoms with E-state index >= 15 is 0 Å². The van der Waals surface area contributed by atoms with Gasteiger partial charge in [-0.3, -0.25) is 4.98 Å². The Morgan fingerprint density at radius 3 is 2.83 bits per heavy atom. The molecule has 0 amide bonds. The fourth-order valence-corrected chi connectivity index (χ4v) is 2.15. The van der Waals surface area contributed by atoms with Gasteiger partial charge in [-0.25, -0.2) is 0 Å². The minimum atomic E-state index is 0.142. The van der Waals surface area contributed by atoms with Crippen LogP contribution >= 0.6 is 11.6 Å². The van der Waals surface area contributed by atoms with E-state index in [4.69, 9.17) is 16.0 Å². The summed E-state index contributed by atoms with van der Waals surface area (Å²) in [6.45, 7) is 4.91. The van der Waals surface area contributed by atoms with E-state index in [0.29, 0.717) is 5.02 Å². The van der Waals surface area contributed by atoms with Crippen molar-refractivity contribution < 1.29 is 4.42 Å². The molecular formula is C14H17ClN2O. The maximum Gasteiger partial charge on any atom is 0.121 e. The van der Waals surface area contributed by atoms with Crippen LogP contribution in [0.15, 0.2) is 35.0 Å². The molecule has 2 heterocycles. The third-order valence-corrected chi connectivity index (χ3v) is 3.18. The molecule has 2 aromatic rings. The van der Waals surface area contributed by atoms with Crippen LogP contribution in [-0.2, 0) is 6.42 Å². The molecule has 0 radical (unpaired) electrons. The monoisotopic (exact) mass is 264 g/mol. The molecule has 3 nitrogen and oxygen atoms in total. The Hall–Kier alpha value is -1.32. The van der Waals surface area contributed by atoms with Gasteiger partial charge in [0.05, 0.1) is 11.1 Å². The number of pyridine rings is 1. The van der Waals surface area contributed by atoms with Crippen LogP contribution in [0.25, 0.3) is 0 Å². The molecule has 0 aliphatic carbocycles. The van der Waals surface area contributed by atoms with E-state index in [9.17, 15) is 0 Å². The second-order valence-corrected chi connectivity index (χ2v) is 4.64. The highest BCUT2D eigenvalue weighted by Gasteiger charge is 2.16. The average Bonchev–Trinajstić information content (AvgIpc) is 2.78. The molecule has 0 fully saturated rings. The molecule has 96 valence electrons. The number of furan rings is 1. The van der Waals surface area contributed by atoms with Crippen LogP contribution in [0.1, 0.15) is 30.0 Å². The summed E-state index contributed by atoms with van der Waals surface area (Å²) in [6, 6.07) is 6.08. The topological polar surface area (TPSA) is 38.1 Å². The maximum absolute atomic E-state index is 6.14.